The van der Waals surface area contributed by atoms with E-state index in [-0.39, 0.29) is 30.4 Å². The van der Waals surface area contributed by atoms with Crippen LogP contribution in [0.4, 0.5) is 11.4 Å². The number of aromatic nitrogens is 6. The molecule has 4 aromatic heterocycles. The number of hydrogen-bond donors (Lipinski definition) is 7. The summed E-state index contributed by atoms with van der Waals surface area (Å²) in [4.78, 5) is 66.1. The Hall–Kier alpha value is -8.60. The Labute approximate surface area is 607 Å². The summed E-state index contributed by atoms with van der Waals surface area (Å²) in [6.07, 6.45) is 18.1. The Balaban J connectivity index is 0.000000162. The second-order valence-corrected chi connectivity index (χ2v) is 29.4. The van der Waals surface area contributed by atoms with E-state index in [1.54, 1.807) is 0 Å². The van der Waals surface area contributed by atoms with Crippen LogP contribution in [0.25, 0.3) is 44.3 Å². The van der Waals surface area contributed by atoms with Crippen LogP contribution in [0.3, 0.4) is 0 Å². The van der Waals surface area contributed by atoms with Gasteiger partial charge in [0.15, 0.2) is 11.3 Å². The fourth-order valence-corrected chi connectivity index (χ4v) is 15.3. The number of fused-ring (bicyclic) bond motifs is 2. The number of anilines is 2. The van der Waals surface area contributed by atoms with Crippen molar-refractivity contribution in [2.45, 2.75) is 182 Å². The molecule has 3 amide bonds. The molecule has 8 N–H and O–H groups in total. The maximum absolute atomic E-state index is 13.8. The van der Waals surface area contributed by atoms with Crippen molar-refractivity contribution in [3.63, 3.8) is 0 Å². The smallest absolute Gasteiger partial charge is 0.319 e. The van der Waals surface area contributed by atoms with Gasteiger partial charge in [0.25, 0.3) is 0 Å². The molecule has 4 aromatic carbocycles. The predicted molar refractivity (Wildman–Crippen MR) is 406 cm³/mol. The van der Waals surface area contributed by atoms with Gasteiger partial charge >= 0.3 is 5.97 Å². The number of carboxylic acids is 1. The number of pyridine rings is 2. The van der Waals surface area contributed by atoms with E-state index in [0.717, 1.165) is 131 Å². The third kappa shape index (κ3) is 18.0. The summed E-state index contributed by atoms with van der Waals surface area (Å²) in [6.45, 7) is 18.9. The van der Waals surface area contributed by atoms with Gasteiger partial charge in [-0.2, -0.15) is 10.2 Å². The van der Waals surface area contributed by atoms with E-state index >= 15 is 0 Å². The van der Waals surface area contributed by atoms with Crippen molar-refractivity contribution in [2.24, 2.45) is 28.4 Å². The number of ether oxygens (including phenoxy) is 2. The first-order valence-corrected chi connectivity index (χ1v) is 38.1. The molecule has 0 radical (unpaired) electrons. The highest BCUT2D eigenvalue weighted by Crippen LogP contribution is 2.48. The van der Waals surface area contributed by atoms with Crippen LogP contribution in [0, 0.1) is 22.7 Å². The fraction of sp³-hybridized carbons (Fsp3) is 0.512. The number of nitrogens with one attached hydrogen (secondary N) is 5. The maximum atomic E-state index is 13.8. The lowest BCUT2D eigenvalue weighted by Crippen LogP contribution is -2.42. The van der Waals surface area contributed by atoms with Crippen LogP contribution in [0.2, 0.25) is 0 Å². The highest BCUT2D eigenvalue weighted by molar-refractivity contribution is 6.08. The van der Waals surface area contributed by atoms with Crippen molar-refractivity contribution in [2.75, 3.05) is 77.3 Å². The van der Waals surface area contributed by atoms with Gasteiger partial charge in [-0.3, -0.25) is 19.2 Å². The summed E-state index contributed by atoms with van der Waals surface area (Å²) < 4.78 is 14.9. The van der Waals surface area contributed by atoms with Gasteiger partial charge in [-0.25, -0.2) is 19.3 Å². The summed E-state index contributed by atoms with van der Waals surface area (Å²) in [5, 5.41) is 36.9. The number of piperidine rings is 2. The minimum absolute atomic E-state index is 0.209. The molecule has 2 aliphatic carbocycles. The van der Waals surface area contributed by atoms with Gasteiger partial charge < -0.3 is 56.7 Å². The monoisotopic (exact) mass is 1400 g/mol. The number of carbonyl (C=O) groups excluding carboxylic acids is 3. The van der Waals surface area contributed by atoms with E-state index in [1.165, 1.54) is 91.7 Å². The highest BCUT2D eigenvalue weighted by atomic mass is 16.5. The van der Waals surface area contributed by atoms with Crippen molar-refractivity contribution in [1.82, 2.24) is 55.3 Å². The molecule has 4 aliphatic heterocycles. The van der Waals surface area contributed by atoms with Gasteiger partial charge in [0.05, 0.1) is 34.5 Å². The highest BCUT2D eigenvalue weighted by Gasteiger charge is 2.57. The Morgan fingerprint density at radius 3 is 1.25 bits per heavy atom. The summed E-state index contributed by atoms with van der Waals surface area (Å²) in [5.74, 6) is -0.326. The first-order valence-electron chi connectivity index (χ1n) is 38.1. The molecule has 0 bridgehead atoms. The quantitative estimate of drug-likeness (QED) is 0.0262. The molecule has 6 fully saturated rings. The number of amides is 3. The molecular formula is C82H108N14O7. The van der Waals surface area contributed by atoms with Crippen LogP contribution >= 0.6 is 0 Å². The number of aliphatic carboxylic acids is 1. The van der Waals surface area contributed by atoms with Crippen LogP contribution in [0.5, 0.6) is 0 Å². The molecule has 103 heavy (non-hydrogen) atoms. The Bertz CT molecular complexity index is 4230. The van der Waals surface area contributed by atoms with Crippen molar-refractivity contribution >= 4 is 57.1 Å². The molecule has 21 nitrogen and oxygen atoms in total. The van der Waals surface area contributed by atoms with Gasteiger partial charge in [0.1, 0.15) is 10.8 Å². The van der Waals surface area contributed by atoms with E-state index in [1.807, 2.05) is 47.7 Å². The number of nitrogens with two attached hydrogens (primary N) is 1. The van der Waals surface area contributed by atoms with Crippen LogP contribution in [0.15, 0.2) is 109 Å². The number of carboxylic acid groups (broad SMARTS) is 1. The standard InChI is InChI=1S/C41H53N7O3.C21H29N5O4.C20H26N2/c1-4-36-34(37(45-33-14-20-51-21-15-33)35-27-44-48(5-2)38(35)46-36)26-43-40(50)41(16-17-41)39(49)42-25-30-9-7-11-32(24-30)31-10-6-8-29(23-31)22-28-12-18-47(3)19-13-28;1-3-16-14(11-22-19(27)21(7-8-21)20(28)29)17(24-13-5-9-30-10-6-13)15-12-23-26(4-2)18(15)25-16;1-22-10-8-16(9-11-22)12-17-4-2-6-19(13-17)20-7-3-5-18(14-20)15-21/h6-11,23-24,27-28,33H,4-5,12-22,25-26H2,1-3H3,(H,42,49)(H,43,50)(H,45,46);12-13H,3-11H2,1-2H3,(H,22,27)(H,24,25)(H,28,29);2-7,13-14,16H,8-12,15,21H2,1H3. The summed E-state index contributed by atoms with van der Waals surface area (Å²) in [5.41, 5.74) is 20.7. The SMILES string of the molecule is CCc1nc2c(cnn2CC)c(NC2CCOCC2)c1CNC(=O)C1(C(=O)NCc2cccc(-c3cccc(CC4CCN(C)CC4)c3)c2)CC1.CCc1nc2c(cnn2CC)c(NC2CCOCC2)c1CNC(=O)C1(C(=O)O)CC1.CN1CCC(Cc2cccc(-c3cccc(CN)c3)c2)CC1. The number of carbonyl (C=O) groups is 4. The summed E-state index contributed by atoms with van der Waals surface area (Å²) >= 11 is 0. The van der Waals surface area contributed by atoms with Crippen LogP contribution in [-0.4, -0.2) is 147 Å². The molecule has 6 aliphatic rings. The average Bonchev–Trinajstić information content (AvgIpc) is 1.65. The molecule has 0 unspecified atom stereocenters. The van der Waals surface area contributed by atoms with E-state index in [9.17, 15) is 24.3 Å². The third-order valence-corrected chi connectivity index (χ3v) is 22.2. The maximum Gasteiger partial charge on any atom is 0.319 e. The average molecular weight is 1400 g/mol. The van der Waals surface area contributed by atoms with Crippen molar-refractivity contribution in [1.29, 1.82) is 0 Å². The Morgan fingerprint density at radius 2 is 0.874 bits per heavy atom. The minimum Gasteiger partial charge on any atom is -0.480 e. The molecule has 2 saturated carbocycles. The number of hydrogen-bond acceptors (Lipinski definition) is 15. The minimum atomic E-state index is -1.26. The second kappa shape index (κ2) is 34.3. The summed E-state index contributed by atoms with van der Waals surface area (Å²) in [6, 6.07) is 35.4. The van der Waals surface area contributed by atoms with Gasteiger partial charge in [-0.05, 0) is 225 Å². The first kappa shape index (κ1) is 74.1. The molecule has 548 valence electrons. The molecule has 8 heterocycles. The largest absolute Gasteiger partial charge is 0.480 e. The zero-order valence-electron chi connectivity index (χ0n) is 61.5. The van der Waals surface area contributed by atoms with Crippen LogP contribution in [-0.2, 0) is 93.6 Å². The second-order valence-electron chi connectivity index (χ2n) is 29.4. The fourth-order valence-electron chi connectivity index (χ4n) is 15.3. The van der Waals surface area contributed by atoms with E-state index < -0.39 is 22.7 Å². The zero-order valence-corrected chi connectivity index (χ0v) is 61.5. The Morgan fingerprint density at radius 1 is 0.505 bits per heavy atom. The predicted octanol–water partition coefficient (Wildman–Crippen LogP) is 11.7. The molecule has 0 spiro atoms. The van der Waals surface area contributed by atoms with Gasteiger partial charge in [0.2, 0.25) is 17.7 Å². The lowest BCUT2D eigenvalue weighted by Gasteiger charge is -2.29. The van der Waals surface area contributed by atoms with Crippen molar-refractivity contribution in [3.8, 4) is 22.3 Å². The number of rotatable bonds is 25. The van der Waals surface area contributed by atoms with Crippen molar-refractivity contribution in [3.05, 3.63) is 154 Å². The number of aryl methyl sites for hydroxylation is 4. The van der Waals surface area contributed by atoms with Crippen LogP contribution in [0.1, 0.15) is 150 Å². The van der Waals surface area contributed by atoms with Crippen molar-refractivity contribution < 1.29 is 33.8 Å². The molecule has 0 atom stereocenters. The number of nitrogens with zero attached hydrogens (tertiary/aromatic N) is 8. The number of likely N-dealkylation sites (tertiary alicyclic amines) is 2. The first-order chi connectivity index (χ1) is 50.1. The molecule has 21 heteroatoms. The Kier molecular flexibility index (Phi) is 24.7. The number of benzene rings is 4. The van der Waals surface area contributed by atoms with Gasteiger partial charge in [0, 0.05) is 100 Å². The third-order valence-electron chi connectivity index (χ3n) is 22.2. The molecular weight excluding hydrogens is 1290 g/mol. The lowest BCUT2D eigenvalue weighted by molar-refractivity contribution is -0.149. The van der Waals surface area contributed by atoms with Gasteiger partial charge in [-0.15, -0.1) is 0 Å². The zero-order chi connectivity index (χ0) is 72.0. The molecule has 8 aromatic rings. The van der Waals surface area contributed by atoms with Gasteiger partial charge in [-0.1, -0.05) is 98.8 Å². The molecule has 4 saturated heterocycles. The lowest BCUT2D eigenvalue weighted by atomic mass is 9.89. The van der Waals surface area contributed by atoms with E-state index in [4.69, 9.17) is 25.2 Å². The summed E-state index contributed by atoms with van der Waals surface area (Å²) in [7, 11) is 4.43. The normalized spacial score (nSPS) is 17.9. The van der Waals surface area contributed by atoms with E-state index in [2.05, 4.69) is 159 Å². The molecule has 14 rings (SSSR count). The topological polar surface area (TPSA) is 261 Å². The van der Waals surface area contributed by atoms with E-state index in [0.29, 0.717) is 77.9 Å². The van der Waals surface area contributed by atoms with Crippen LogP contribution < -0.4 is 32.3 Å².